The predicted molar refractivity (Wildman–Crippen MR) is 146 cm³/mol. The molecule has 8 heteroatoms. The van der Waals surface area contributed by atoms with Crippen molar-refractivity contribution in [3.8, 4) is 0 Å². The molecule has 206 valence electrons. The average molecular weight is 524 g/mol. The van der Waals surface area contributed by atoms with Crippen LogP contribution in [0.25, 0.3) is 0 Å². The first-order valence-corrected chi connectivity index (χ1v) is 13.5. The third kappa shape index (κ3) is 4.18. The number of rotatable bonds is 10. The summed E-state index contributed by atoms with van der Waals surface area (Å²) in [7, 11) is 1.69. The lowest BCUT2D eigenvalue weighted by atomic mass is 9.70. The van der Waals surface area contributed by atoms with Gasteiger partial charge in [-0.1, -0.05) is 44.2 Å². The molecule has 0 saturated carbocycles. The van der Waals surface area contributed by atoms with Gasteiger partial charge in [0.1, 0.15) is 11.6 Å². The van der Waals surface area contributed by atoms with Crippen molar-refractivity contribution in [2.45, 2.75) is 64.3 Å². The number of benzene rings is 1. The second-order valence-electron chi connectivity index (χ2n) is 11.3. The normalized spacial score (nSPS) is 28.4. The maximum absolute atomic E-state index is 14.7. The summed E-state index contributed by atoms with van der Waals surface area (Å²) in [6.07, 6.45) is 3.99. The number of amides is 3. The third-order valence-electron chi connectivity index (χ3n) is 8.64. The van der Waals surface area contributed by atoms with E-state index in [4.69, 9.17) is 4.74 Å². The molecule has 3 aliphatic rings. The highest BCUT2D eigenvalue weighted by Crippen LogP contribution is 2.59. The van der Waals surface area contributed by atoms with Gasteiger partial charge in [0.25, 0.3) is 5.91 Å². The first kappa shape index (κ1) is 28.0. The molecule has 1 aromatic rings. The van der Waals surface area contributed by atoms with Crippen molar-refractivity contribution in [3.05, 3.63) is 54.6 Å². The third-order valence-corrected chi connectivity index (χ3v) is 8.64. The van der Waals surface area contributed by atoms with Gasteiger partial charge < -0.3 is 24.5 Å². The Morgan fingerprint density at radius 2 is 1.82 bits per heavy atom. The molecule has 1 aromatic carbocycles. The van der Waals surface area contributed by atoms with E-state index in [1.807, 2.05) is 45.9 Å². The van der Waals surface area contributed by atoms with E-state index in [2.05, 4.69) is 13.2 Å². The van der Waals surface area contributed by atoms with Gasteiger partial charge in [-0.25, -0.2) is 0 Å². The molecule has 2 bridgehead atoms. The summed E-state index contributed by atoms with van der Waals surface area (Å²) in [4.78, 5) is 47.4. The minimum absolute atomic E-state index is 0.114. The molecule has 4 rings (SSSR count). The number of para-hydroxylation sites is 1. The number of aryl methyl sites for hydroxylation is 2. The van der Waals surface area contributed by atoms with Crippen LogP contribution >= 0.6 is 0 Å². The molecule has 3 aliphatic heterocycles. The van der Waals surface area contributed by atoms with E-state index < -0.39 is 35.6 Å². The zero-order chi connectivity index (χ0) is 27.9. The number of carbonyl (C=O) groups excluding carboxylic acids is 3. The van der Waals surface area contributed by atoms with Crippen LogP contribution in [-0.2, 0) is 19.1 Å². The topological polar surface area (TPSA) is 90.4 Å². The Balaban J connectivity index is 1.86. The van der Waals surface area contributed by atoms with Crippen LogP contribution in [-0.4, -0.2) is 83.2 Å². The maximum Gasteiger partial charge on any atom is 0.253 e. The lowest BCUT2D eigenvalue weighted by Crippen LogP contribution is -2.60. The number of ether oxygens (including phenoxy) is 1. The highest BCUT2D eigenvalue weighted by molar-refractivity contribution is 6.05. The Morgan fingerprint density at radius 3 is 2.37 bits per heavy atom. The Labute approximate surface area is 225 Å². The minimum Gasteiger partial charge on any atom is -0.394 e. The number of hydrogen-bond donors (Lipinski definition) is 1. The molecule has 6 atom stereocenters. The van der Waals surface area contributed by atoms with Crippen molar-refractivity contribution in [1.82, 2.24) is 9.80 Å². The number of likely N-dealkylation sites (N-methyl/N-ethyl adjacent to an activating group) is 1. The van der Waals surface area contributed by atoms with Gasteiger partial charge in [0.15, 0.2) is 0 Å². The largest absolute Gasteiger partial charge is 0.394 e. The summed E-state index contributed by atoms with van der Waals surface area (Å²) in [5.41, 5.74) is 1.51. The van der Waals surface area contributed by atoms with E-state index >= 15 is 0 Å². The summed E-state index contributed by atoms with van der Waals surface area (Å²) >= 11 is 0. The summed E-state index contributed by atoms with van der Waals surface area (Å²) in [5, 5.41) is 10.4. The van der Waals surface area contributed by atoms with Gasteiger partial charge in [0, 0.05) is 25.8 Å². The molecular formula is C30H41N3O5. The highest BCUT2D eigenvalue weighted by atomic mass is 16.5. The lowest BCUT2D eigenvalue weighted by Gasteiger charge is -2.41. The van der Waals surface area contributed by atoms with Gasteiger partial charge >= 0.3 is 0 Å². The van der Waals surface area contributed by atoms with Crippen LogP contribution in [0.1, 0.15) is 37.8 Å². The van der Waals surface area contributed by atoms with Crippen molar-refractivity contribution >= 4 is 23.4 Å². The number of fused-ring (bicyclic) bond motifs is 1. The number of carbonyl (C=O) groups is 3. The molecule has 3 fully saturated rings. The van der Waals surface area contributed by atoms with Gasteiger partial charge in [-0.05, 0) is 43.7 Å². The fourth-order valence-electron chi connectivity index (χ4n) is 6.97. The van der Waals surface area contributed by atoms with Crippen LogP contribution in [0.3, 0.4) is 0 Å². The van der Waals surface area contributed by atoms with Crippen LogP contribution in [0.2, 0.25) is 0 Å². The van der Waals surface area contributed by atoms with Crippen LogP contribution in [0.15, 0.2) is 43.5 Å². The monoisotopic (exact) mass is 523 g/mol. The molecule has 3 amide bonds. The molecule has 1 N–H and O–H groups in total. The van der Waals surface area contributed by atoms with Crippen LogP contribution < -0.4 is 4.90 Å². The van der Waals surface area contributed by atoms with E-state index in [-0.39, 0.29) is 36.8 Å². The maximum atomic E-state index is 14.7. The van der Waals surface area contributed by atoms with Gasteiger partial charge in [-0.15, -0.1) is 13.2 Å². The number of aliphatic hydroxyl groups excluding tert-OH is 1. The Bertz CT molecular complexity index is 1110. The molecule has 1 spiro atoms. The first-order chi connectivity index (χ1) is 18.0. The SMILES string of the molecule is C=CCN(C)C(=O)[C@@H]1[C@@H]2CCC3(O2)C(C(=O)N(CC=C)c2c(C)cccc2C)N([C@@H](CO)C(C)C)C(=O)[C@H]13. The molecule has 0 aromatic heterocycles. The molecule has 3 heterocycles. The van der Waals surface area contributed by atoms with Gasteiger partial charge in [-0.2, -0.15) is 0 Å². The highest BCUT2D eigenvalue weighted by Gasteiger charge is 2.75. The number of nitrogens with zero attached hydrogens (tertiary/aromatic N) is 3. The summed E-state index contributed by atoms with van der Waals surface area (Å²) in [6.45, 7) is 15.7. The van der Waals surface area contributed by atoms with Gasteiger partial charge in [-0.3, -0.25) is 14.4 Å². The molecule has 3 saturated heterocycles. The zero-order valence-corrected chi connectivity index (χ0v) is 23.2. The Hall–Kier alpha value is -2.97. The van der Waals surface area contributed by atoms with Crippen molar-refractivity contribution < 1.29 is 24.2 Å². The van der Waals surface area contributed by atoms with Crippen LogP contribution in [0.4, 0.5) is 5.69 Å². The number of anilines is 1. The van der Waals surface area contributed by atoms with Crippen molar-refractivity contribution in [2.75, 3.05) is 31.6 Å². The van der Waals surface area contributed by atoms with E-state index in [0.717, 1.165) is 16.8 Å². The second kappa shape index (κ2) is 10.7. The van der Waals surface area contributed by atoms with Crippen molar-refractivity contribution in [1.29, 1.82) is 0 Å². The lowest BCUT2D eigenvalue weighted by molar-refractivity contribution is -0.147. The van der Waals surface area contributed by atoms with E-state index in [9.17, 15) is 19.5 Å². The Morgan fingerprint density at radius 1 is 1.18 bits per heavy atom. The predicted octanol–water partition coefficient (Wildman–Crippen LogP) is 2.86. The van der Waals surface area contributed by atoms with Crippen LogP contribution in [0, 0.1) is 31.6 Å². The standard InChI is InChI=1S/C30H41N3O5/c1-8-15-31(7)27(35)23-22-13-14-30(38-22)24(23)28(36)33(21(17-34)18(3)4)26(30)29(37)32(16-9-2)25-19(5)11-10-12-20(25)6/h8-12,18,21-24,26,34H,1-2,13-17H2,3-7H3/t21-,22-,23+,24-,26?,30?/m0/s1. The molecule has 38 heavy (non-hydrogen) atoms. The first-order valence-electron chi connectivity index (χ1n) is 13.5. The number of hydrogen-bond acceptors (Lipinski definition) is 5. The zero-order valence-electron chi connectivity index (χ0n) is 23.2. The van der Waals surface area contributed by atoms with E-state index in [0.29, 0.717) is 19.4 Å². The van der Waals surface area contributed by atoms with Crippen molar-refractivity contribution in [2.24, 2.45) is 17.8 Å². The number of likely N-dealkylation sites (tertiary alicyclic amines) is 1. The fourth-order valence-corrected chi connectivity index (χ4v) is 6.97. The van der Waals surface area contributed by atoms with E-state index in [1.165, 1.54) is 0 Å². The minimum atomic E-state index is -1.13. The van der Waals surface area contributed by atoms with Gasteiger partial charge in [0.05, 0.1) is 30.6 Å². The van der Waals surface area contributed by atoms with Crippen LogP contribution in [0.5, 0.6) is 0 Å². The summed E-state index contributed by atoms with van der Waals surface area (Å²) < 4.78 is 6.59. The molecule has 2 unspecified atom stereocenters. The quantitative estimate of drug-likeness (QED) is 0.477. The summed E-state index contributed by atoms with van der Waals surface area (Å²) in [6, 6.07) is 4.30. The summed E-state index contributed by atoms with van der Waals surface area (Å²) in [5.74, 6) is -2.32. The number of aliphatic hydroxyl groups is 1. The smallest absolute Gasteiger partial charge is 0.253 e. The molecule has 8 nitrogen and oxygen atoms in total. The molecular weight excluding hydrogens is 482 g/mol. The van der Waals surface area contributed by atoms with Gasteiger partial charge in [0.2, 0.25) is 11.8 Å². The molecule has 0 aliphatic carbocycles. The molecule has 0 radical (unpaired) electrons. The van der Waals surface area contributed by atoms with Crippen molar-refractivity contribution in [3.63, 3.8) is 0 Å². The fraction of sp³-hybridized carbons (Fsp3) is 0.567. The average Bonchev–Trinajstić information content (AvgIpc) is 3.51. The Kier molecular flexibility index (Phi) is 7.86. The van der Waals surface area contributed by atoms with E-state index in [1.54, 1.807) is 33.9 Å². The second-order valence-corrected chi connectivity index (χ2v) is 11.3.